The maximum atomic E-state index is 2.69. The van der Waals surface area contributed by atoms with Gasteiger partial charge in [0.25, 0.3) is 0 Å². The first-order valence-corrected chi connectivity index (χ1v) is 8.04. The normalized spacial score (nSPS) is 40.4. The van der Waals surface area contributed by atoms with Gasteiger partial charge in [-0.2, -0.15) is 0 Å². The first kappa shape index (κ1) is 14.1. The molecule has 0 aromatic carbocycles. The van der Waals surface area contributed by atoms with E-state index in [0.29, 0.717) is 0 Å². The van der Waals surface area contributed by atoms with Gasteiger partial charge in [-0.1, -0.05) is 32.9 Å². The van der Waals surface area contributed by atoms with Crippen molar-refractivity contribution in [3.8, 4) is 0 Å². The molecular weight excluding hydrogens is 218 g/mol. The minimum atomic E-state index is 0.865. The zero-order valence-electron chi connectivity index (χ0n) is 12.6. The molecule has 4 unspecified atom stereocenters. The highest BCUT2D eigenvalue weighted by Gasteiger charge is 2.25. The number of hydrogen-bond donors (Lipinski definition) is 0. The summed E-state index contributed by atoms with van der Waals surface area (Å²) in [5.74, 6) is 3.64. The molecule has 1 heteroatoms. The second kappa shape index (κ2) is 6.75. The summed E-state index contributed by atoms with van der Waals surface area (Å²) in [6.45, 7) is 11.3. The highest BCUT2D eigenvalue weighted by Crippen LogP contribution is 2.32. The Morgan fingerprint density at radius 1 is 1.11 bits per heavy atom. The van der Waals surface area contributed by atoms with Gasteiger partial charge in [0, 0.05) is 6.54 Å². The molecule has 0 amide bonds. The maximum absolute atomic E-state index is 2.69. The van der Waals surface area contributed by atoms with Crippen LogP contribution in [0.15, 0.2) is 12.2 Å². The van der Waals surface area contributed by atoms with Crippen LogP contribution in [0.2, 0.25) is 0 Å². The molecule has 1 aliphatic carbocycles. The average Bonchev–Trinajstić information content (AvgIpc) is 2.75. The summed E-state index contributed by atoms with van der Waals surface area (Å²) >= 11 is 0. The third-order valence-electron chi connectivity index (χ3n) is 5.34. The van der Waals surface area contributed by atoms with Crippen molar-refractivity contribution in [2.75, 3.05) is 19.6 Å². The summed E-state index contributed by atoms with van der Waals surface area (Å²) < 4.78 is 0. The zero-order chi connectivity index (χ0) is 13.0. The van der Waals surface area contributed by atoms with Crippen molar-refractivity contribution < 1.29 is 0 Å². The van der Waals surface area contributed by atoms with Crippen molar-refractivity contribution in [1.82, 2.24) is 4.90 Å². The number of hydrogen-bond acceptors (Lipinski definition) is 1. The van der Waals surface area contributed by atoms with Crippen molar-refractivity contribution in [2.24, 2.45) is 23.7 Å². The molecular formula is C17H31N. The number of rotatable bonds is 3. The van der Waals surface area contributed by atoms with Gasteiger partial charge in [-0.15, -0.1) is 0 Å². The third kappa shape index (κ3) is 3.85. The van der Waals surface area contributed by atoms with Gasteiger partial charge in [-0.3, -0.25) is 0 Å². The molecule has 18 heavy (non-hydrogen) atoms. The van der Waals surface area contributed by atoms with Gasteiger partial charge in [0.05, 0.1) is 0 Å². The van der Waals surface area contributed by atoms with Gasteiger partial charge in [0.15, 0.2) is 0 Å². The predicted octanol–water partition coefficient (Wildman–Crippen LogP) is 4.35. The van der Waals surface area contributed by atoms with Crippen LogP contribution in [0, 0.1) is 23.7 Å². The van der Waals surface area contributed by atoms with Crippen LogP contribution in [0.3, 0.4) is 0 Å². The van der Waals surface area contributed by atoms with Crippen molar-refractivity contribution in [2.45, 2.75) is 52.9 Å². The number of likely N-dealkylation sites (tertiary alicyclic amines) is 1. The van der Waals surface area contributed by atoms with Crippen LogP contribution in [-0.4, -0.2) is 24.5 Å². The van der Waals surface area contributed by atoms with E-state index in [0.717, 1.165) is 23.7 Å². The molecule has 1 heterocycles. The van der Waals surface area contributed by atoms with Crippen LogP contribution in [0.5, 0.6) is 0 Å². The standard InChI is InChI=1S/C17H31N/c1-14-9-11-18(13-14)12-10-17-8-6-4-5-7-15(2)16(17)3/h4-5,14-17H,6-13H2,1-3H3/b5-4-. The average molecular weight is 249 g/mol. The van der Waals surface area contributed by atoms with E-state index in [1.807, 2.05) is 0 Å². The molecule has 0 N–H and O–H groups in total. The van der Waals surface area contributed by atoms with E-state index < -0.39 is 0 Å². The summed E-state index contributed by atoms with van der Waals surface area (Å²) in [4.78, 5) is 2.69. The Morgan fingerprint density at radius 3 is 2.67 bits per heavy atom. The Balaban J connectivity index is 1.80. The number of allylic oxidation sites excluding steroid dienone is 2. The quantitative estimate of drug-likeness (QED) is 0.672. The predicted molar refractivity (Wildman–Crippen MR) is 79.6 cm³/mol. The highest BCUT2D eigenvalue weighted by atomic mass is 15.1. The smallest absolute Gasteiger partial charge is 0.000750 e. The van der Waals surface area contributed by atoms with Crippen LogP contribution >= 0.6 is 0 Å². The lowest BCUT2D eigenvalue weighted by atomic mass is 9.77. The van der Waals surface area contributed by atoms with Crippen LogP contribution in [0.4, 0.5) is 0 Å². The SMILES string of the molecule is CC1CCN(CCC2CC/C=C\CC(C)C2C)C1. The van der Waals surface area contributed by atoms with E-state index in [1.54, 1.807) is 0 Å². The Morgan fingerprint density at radius 2 is 1.94 bits per heavy atom. The van der Waals surface area contributed by atoms with E-state index in [4.69, 9.17) is 0 Å². The highest BCUT2D eigenvalue weighted by molar-refractivity contribution is 4.89. The van der Waals surface area contributed by atoms with Crippen LogP contribution in [0.1, 0.15) is 52.9 Å². The largest absolute Gasteiger partial charge is 0.303 e. The van der Waals surface area contributed by atoms with Gasteiger partial charge in [-0.25, -0.2) is 0 Å². The van der Waals surface area contributed by atoms with Gasteiger partial charge in [0.1, 0.15) is 0 Å². The lowest BCUT2D eigenvalue weighted by molar-refractivity contribution is 0.202. The third-order valence-corrected chi connectivity index (χ3v) is 5.34. The lowest BCUT2D eigenvalue weighted by Crippen LogP contribution is -2.27. The zero-order valence-corrected chi connectivity index (χ0v) is 12.6. The Kier molecular flexibility index (Phi) is 5.29. The summed E-state index contributed by atoms with van der Waals surface area (Å²) in [5, 5.41) is 0. The molecule has 1 fully saturated rings. The van der Waals surface area contributed by atoms with Crippen molar-refractivity contribution >= 4 is 0 Å². The number of nitrogens with zero attached hydrogens (tertiary/aromatic N) is 1. The van der Waals surface area contributed by atoms with E-state index in [1.165, 1.54) is 51.7 Å². The molecule has 1 saturated heterocycles. The first-order valence-electron chi connectivity index (χ1n) is 8.04. The minimum absolute atomic E-state index is 0.865. The molecule has 2 aliphatic rings. The second-order valence-corrected chi connectivity index (χ2v) is 6.86. The monoisotopic (exact) mass is 249 g/mol. The van der Waals surface area contributed by atoms with Crippen molar-refractivity contribution in [1.29, 1.82) is 0 Å². The van der Waals surface area contributed by atoms with E-state index in [-0.39, 0.29) is 0 Å². The molecule has 4 atom stereocenters. The molecule has 0 radical (unpaired) electrons. The minimum Gasteiger partial charge on any atom is -0.303 e. The molecule has 1 nitrogen and oxygen atoms in total. The van der Waals surface area contributed by atoms with E-state index >= 15 is 0 Å². The summed E-state index contributed by atoms with van der Waals surface area (Å²) in [6, 6.07) is 0. The van der Waals surface area contributed by atoms with E-state index in [2.05, 4.69) is 37.8 Å². The van der Waals surface area contributed by atoms with Crippen LogP contribution in [0.25, 0.3) is 0 Å². The van der Waals surface area contributed by atoms with Gasteiger partial charge in [0.2, 0.25) is 0 Å². The molecule has 0 aromatic rings. The molecule has 0 aromatic heterocycles. The van der Waals surface area contributed by atoms with E-state index in [9.17, 15) is 0 Å². The summed E-state index contributed by atoms with van der Waals surface area (Å²) in [7, 11) is 0. The molecule has 104 valence electrons. The molecule has 0 bridgehead atoms. The van der Waals surface area contributed by atoms with Crippen molar-refractivity contribution in [3.63, 3.8) is 0 Å². The molecule has 0 saturated carbocycles. The summed E-state index contributed by atoms with van der Waals surface area (Å²) in [5.41, 5.74) is 0. The fourth-order valence-electron chi connectivity index (χ4n) is 3.67. The maximum Gasteiger partial charge on any atom is 0.000750 e. The molecule has 0 spiro atoms. The Bertz CT molecular complexity index is 271. The molecule has 1 aliphatic heterocycles. The Labute approximate surface area is 114 Å². The lowest BCUT2D eigenvalue weighted by Gasteiger charge is -2.31. The molecule has 2 rings (SSSR count). The topological polar surface area (TPSA) is 3.24 Å². The van der Waals surface area contributed by atoms with Gasteiger partial charge >= 0.3 is 0 Å². The van der Waals surface area contributed by atoms with Crippen LogP contribution < -0.4 is 0 Å². The first-order chi connectivity index (χ1) is 8.66. The Hall–Kier alpha value is -0.300. The fraction of sp³-hybridized carbons (Fsp3) is 0.882. The van der Waals surface area contributed by atoms with Gasteiger partial charge in [-0.05, 0) is 68.9 Å². The van der Waals surface area contributed by atoms with Crippen LogP contribution in [-0.2, 0) is 0 Å². The van der Waals surface area contributed by atoms with Gasteiger partial charge < -0.3 is 4.90 Å². The summed E-state index contributed by atoms with van der Waals surface area (Å²) in [6.07, 6.45) is 11.7. The fourth-order valence-corrected chi connectivity index (χ4v) is 3.67. The van der Waals surface area contributed by atoms with Crippen molar-refractivity contribution in [3.05, 3.63) is 12.2 Å². The second-order valence-electron chi connectivity index (χ2n) is 6.86.